The first kappa shape index (κ1) is 13.0. The van der Waals surface area contributed by atoms with Crippen LogP contribution in [0.15, 0.2) is 17.6 Å². The number of amides is 1. The van der Waals surface area contributed by atoms with E-state index in [-0.39, 0.29) is 17.3 Å². The van der Waals surface area contributed by atoms with Gasteiger partial charge in [-0.15, -0.1) is 0 Å². The second kappa shape index (κ2) is 4.82. The zero-order valence-corrected chi connectivity index (χ0v) is 10.3. The molecule has 0 aliphatic heterocycles. The van der Waals surface area contributed by atoms with E-state index >= 15 is 0 Å². The summed E-state index contributed by atoms with van der Waals surface area (Å²) in [5.41, 5.74) is 11.8. The highest BCUT2D eigenvalue weighted by Gasteiger charge is 2.19. The second-order valence-electron chi connectivity index (χ2n) is 3.97. The number of rotatable bonds is 4. The first-order valence-electron chi connectivity index (χ1n) is 5.21. The van der Waals surface area contributed by atoms with Gasteiger partial charge in [0, 0.05) is 12.8 Å². The summed E-state index contributed by atoms with van der Waals surface area (Å²) >= 11 is 0. The van der Waals surface area contributed by atoms with Crippen molar-refractivity contribution in [2.75, 3.05) is 5.73 Å². The largest absolute Gasteiger partial charge is 0.381 e. The van der Waals surface area contributed by atoms with Crippen LogP contribution in [0.25, 0.3) is 0 Å². The smallest absolute Gasteiger partial charge is 0.256 e. The normalized spacial score (nSPS) is 11.9. The summed E-state index contributed by atoms with van der Waals surface area (Å²) in [4.78, 5) is 15.6. The number of aromatic nitrogens is 2. The fourth-order valence-electron chi connectivity index (χ4n) is 1.43. The fraction of sp³-hybridized carbons (Fsp3) is 0.364. The molecule has 0 saturated heterocycles. The third kappa shape index (κ3) is 2.52. The Morgan fingerprint density at radius 2 is 2.18 bits per heavy atom. The maximum absolute atomic E-state index is 11.3. The number of primary amides is 1. The van der Waals surface area contributed by atoms with Crippen molar-refractivity contribution in [2.24, 2.45) is 23.7 Å². The molecule has 0 saturated carbocycles. The monoisotopic (exact) mass is 235 g/mol. The molecule has 1 aromatic heterocycles. The lowest BCUT2D eigenvalue weighted by atomic mass is 10.1. The summed E-state index contributed by atoms with van der Waals surface area (Å²) in [6.45, 7) is 7.63. The minimum Gasteiger partial charge on any atom is -0.381 e. The van der Waals surface area contributed by atoms with Crippen molar-refractivity contribution in [1.29, 1.82) is 0 Å². The van der Waals surface area contributed by atoms with E-state index in [0.29, 0.717) is 5.82 Å². The van der Waals surface area contributed by atoms with E-state index in [0.717, 1.165) is 5.71 Å². The van der Waals surface area contributed by atoms with Crippen molar-refractivity contribution < 1.29 is 4.79 Å². The van der Waals surface area contributed by atoms with Gasteiger partial charge in [-0.05, 0) is 12.0 Å². The number of nitrogens with zero attached hydrogens (tertiary/aromatic N) is 3. The van der Waals surface area contributed by atoms with Crippen molar-refractivity contribution in [2.45, 2.75) is 13.8 Å². The third-order valence-electron chi connectivity index (χ3n) is 2.33. The van der Waals surface area contributed by atoms with Crippen LogP contribution in [0.3, 0.4) is 0 Å². The van der Waals surface area contributed by atoms with Gasteiger partial charge in [-0.1, -0.05) is 20.4 Å². The molecule has 0 aromatic carbocycles. The molecular weight excluding hydrogens is 218 g/mol. The van der Waals surface area contributed by atoms with Crippen molar-refractivity contribution in [1.82, 2.24) is 9.78 Å². The molecule has 17 heavy (non-hydrogen) atoms. The zero-order valence-electron chi connectivity index (χ0n) is 10.3. The molecule has 0 fully saturated rings. The minimum absolute atomic E-state index is 0.0888. The molecule has 0 aliphatic carbocycles. The standard InChI is InChI=1S/C11H17N5O/c1-5-7(6(2)3)14-11-8(10(13)17)9(12)15-16(11)4/h5-6H,1H2,2-4H3,(H2,12,15)(H2,13,17)/b14-7+. The number of carbonyl (C=O) groups excluding carboxylic acids is 1. The van der Waals surface area contributed by atoms with Crippen LogP contribution in [0.2, 0.25) is 0 Å². The molecule has 1 heterocycles. The average Bonchev–Trinajstić information content (AvgIpc) is 2.49. The lowest BCUT2D eigenvalue weighted by Gasteiger charge is -2.05. The van der Waals surface area contributed by atoms with Crippen molar-refractivity contribution in [3.05, 3.63) is 18.2 Å². The highest BCUT2D eigenvalue weighted by Crippen LogP contribution is 2.24. The molecule has 0 aliphatic rings. The van der Waals surface area contributed by atoms with Gasteiger partial charge in [-0.2, -0.15) is 5.10 Å². The van der Waals surface area contributed by atoms with Gasteiger partial charge in [0.25, 0.3) is 5.91 Å². The van der Waals surface area contributed by atoms with Gasteiger partial charge in [-0.25, -0.2) is 9.67 Å². The van der Waals surface area contributed by atoms with Crippen LogP contribution >= 0.6 is 0 Å². The first-order chi connectivity index (χ1) is 7.88. The Hall–Kier alpha value is -2.11. The Kier molecular flexibility index (Phi) is 3.67. The zero-order chi connectivity index (χ0) is 13.2. The average molecular weight is 235 g/mol. The molecular formula is C11H17N5O. The summed E-state index contributed by atoms with van der Waals surface area (Å²) < 4.78 is 1.43. The number of aliphatic imine (C=N–C) groups is 1. The van der Waals surface area contributed by atoms with Crippen LogP contribution in [0, 0.1) is 5.92 Å². The predicted molar refractivity (Wildman–Crippen MR) is 68.3 cm³/mol. The van der Waals surface area contributed by atoms with Crippen LogP contribution in [-0.2, 0) is 7.05 Å². The Labute approximate surface area is 100 Å². The minimum atomic E-state index is -0.637. The Bertz CT molecular complexity index is 484. The molecule has 0 spiro atoms. The van der Waals surface area contributed by atoms with Gasteiger partial charge in [-0.3, -0.25) is 4.79 Å². The maximum Gasteiger partial charge on any atom is 0.256 e. The summed E-state index contributed by atoms with van der Waals surface area (Å²) in [5.74, 6) is -0.00427. The van der Waals surface area contributed by atoms with Crippen LogP contribution < -0.4 is 11.5 Å². The van der Waals surface area contributed by atoms with Crippen molar-refractivity contribution in [3.63, 3.8) is 0 Å². The molecule has 92 valence electrons. The van der Waals surface area contributed by atoms with E-state index in [1.54, 1.807) is 13.1 Å². The Morgan fingerprint density at radius 1 is 1.59 bits per heavy atom. The third-order valence-corrected chi connectivity index (χ3v) is 2.33. The van der Waals surface area contributed by atoms with E-state index in [1.807, 2.05) is 13.8 Å². The van der Waals surface area contributed by atoms with Gasteiger partial charge in [0.05, 0.1) is 0 Å². The van der Waals surface area contributed by atoms with Crippen LogP contribution in [-0.4, -0.2) is 21.4 Å². The lowest BCUT2D eigenvalue weighted by Crippen LogP contribution is -2.13. The number of hydrogen-bond donors (Lipinski definition) is 2. The molecule has 1 aromatic rings. The molecule has 1 amide bonds. The van der Waals surface area contributed by atoms with E-state index in [4.69, 9.17) is 11.5 Å². The van der Waals surface area contributed by atoms with Crippen LogP contribution in [0.1, 0.15) is 24.2 Å². The van der Waals surface area contributed by atoms with Gasteiger partial charge in [0.15, 0.2) is 11.6 Å². The second-order valence-corrected chi connectivity index (χ2v) is 3.97. The Balaban J connectivity index is 3.40. The number of nitrogen functional groups attached to an aromatic ring is 1. The number of anilines is 1. The number of hydrogen-bond acceptors (Lipinski definition) is 4. The van der Waals surface area contributed by atoms with Crippen LogP contribution in [0.4, 0.5) is 11.6 Å². The van der Waals surface area contributed by atoms with Crippen LogP contribution in [0.5, 0.6) is 0 Å². The maximum atomic E-state index is 11.3. The number of nitrogens with two attached hydrogens (primary N) is 2. The molecule has 0 bridgehead atoms. The summed E-state index contributed by atoms with van der Waals surface area (Å²) in [6, 6.07) is 0. The summed E-state index contributed by atoms with van der Waals surface area (Å²) in [7, 11) is 1.66. The van der Waals surface area contributed by atoms with E-state index in [9.17, 15) is 4.79 Å². The molecule has 0 unspecified atom stereocenters. The van der Waals surface area contributed by atoms with E-state index < -0.39 is 5.91 Å². The number of allylic oxidation sites excluding steroid dienone is 1. The fourth-order valence-corrected chi connectivity index (χ4v) is 1.43. The Morgan fingerprint density at radius 3 is 2.59 bits per heavy atom. The van der Waals surface area contributed by atoms with E-state index in [1.165, 1.54) is 4.68 Å². The molecule has 0 atom stereocenters. The number of carbonyl (C=O) groups is 1. The predicted octanol–water partition coefficient (Wildman–Crippen LogP) is 1.02. The lowest BCUT2D eigenvalue weighted by molar-refractivity contribution is 0.100. The molecule has 1 rings (SSSR count). The molecule has 6 heteroatoms. The molecule has 0 radical (unpaired) electrons. The van der Waals surface area contributed by atoms with E-state index in [2.05, 4.69) is 16.7 Å². The highest BCUT2D eigenvalue weighted by molar-refractivity contribution is 6.04. The van der Waals surface area contributed by atoms with Crippen molar-refractivity contribution in [3.8, 4) is 0 Å². The van der Waals surface area contributed by atoms with Gasteiger partial charge < -0.3 is 11.5 Å². The SMILES string of the molecule is C=C/C(=N\c1c(C(N)=O)c(N)nn1C)C(C)C. The van der Waals surface area contributed by atoms with Gasteiger partial charge in [0.1, 0.15) is 5.56 Å². The quantitative estimate of drug-likeness (QED) is 0.762. The highest BCUT2D eigenvalue weighted by atomic mass is 16.1. The van der Waals surface area contributed by atoms with Gasteiger partial charge >= 0.3 is 0 Å². The summed E-state index contributed by atoms with van der Waals surface area (Å²) in [6.07, 6.45) is 1.64. The first-order valence-corrected chi connectivity index (χ1v) is 5.21. The number of aryl methyl sites for hydroxylation is 1. The molecule has 6 nitrogen and oxygen atoms in total. The molecule has 4 N–H and O–H groups in total. The topological polar surface area (TPSA) is 99.3 Å². The van der Waals surface area contributed by atoms with Gasteiger partial charge in [0.2, 0.25) is 0 Å². The van der Waals surface area contributed by atoms with Crippen molar-refractivity contribution >= 4 is 23.3 Å². The summed E-state index contributed by atoms with van der Waals surface area (Å²) in [5, 5.41) is 3.93.